The zero-order valence-electron chi connectivity index (χ0n) is 9.16. The van der Waals surface area contributed by atoms with Crippen LogP contribution in [0.1, 0.15) is 27.7 Å². The van der Waals surface area contributed by atoms with E-state index in [1.165, 1.54) is 0 Å². The second kappa shape index (κ2) is 3.66. The Morgan fingerprint density at radius 3 is 2.38 bits per heavy atom. The molecule has 1 rings (SSSR count). The molecular formula is C10H20N2O. The van der Waals surface area contributed by atoms with Gasteiger partial charge >= 0.3 is 0 Å². The standard InChI is InChI=1S/C10H20N2O/c1-6(2)9-7(3)12(5)8(4)10(13)11-9/h6-9H,1-5H3,(H,11,13). The number of likely N-dealkylation sites (N-methyl/N-ethyl adjacent to an activating group) is 1. The fourth-order valence-electron chi connectivity index (χ4n) is 1.92. The topological polar surface area (TPSA) is 32.3 Å². The van der Waals surface area contributed by atoms with Crippen molar-refractivity contribution in [3.63, 3.8) is 0 Å². The highest BCUT2D eigenvalue weighted by Gasteiger charge is 2.35. The minimum atomic E-state index is 0.00463. The molecular weight excluding hydrogens is 164 g/mol. The van der Waals surface area contributed by atoms with Gasteiger partial charge in [-0.2, -0.15) is 0 Å². The predicted octanol–water partition coefficient (Wildman–Crippen LogP) is 0.850. The third kappa shape index (κ3) is 1.85. The lowest BCUT2D eigenvalue weighted by molar-refractivity contribution is -0.132. The second-order valence-electron chi connectivity index (χ2n) is 4.36. The van der Waals surface area contributed by atoms with Crippen molar-refractivity contribution in [1.82, 2.24) is 10.2 Å². The first kappa shape index (κ1) is 10.5. The summed E-state index contributed by atoms with van der Waals surface area (Å²) in [7, 11) is 2.02. The Hall–Kier alpha value is -0.570. The molecule has 0 spiro atoms. The smallest absolute Gasteiger partial charge is 0.237 e. The van der Waals surface area contributed by atoms with Crippen LogP contribution in [-0.2, 0) is 4.79 Å². The Morgan fingerprint density at radius 2 is 1.92 bits per heavy atom. The van der Waals surface area contributed by atoms with Crippen molar-refractivity contribution in [3.05, 3.63) is 0 Å². The van der Waals surface area contributed by atoms with Crippen LogP contribution >= 0.6 is 0 Å². The Morgan fingerprint density at radius 1 is 1.38 bits per heavy atom. The van der Waals surface area contributed by atoms with Crippen LogP contribution in [0.2, 0.25) is 0 Å². The first-order valence-corrected chi connectivity index (χ1v) is 4.97. The first-order chi connectivity index (χ1) is 5.95. The van der Waals surface area contributed by atoms with E-state index in [1.807, 2.05) is 14.0 Å². The predicted molar refractivity (Wildman–Crippen MR) is 53.5 cm³/mol. The van der Waals surface area contributed by atoms with E-state index in [4.69, 9.17) is 0 Å². The van der Waals surface area contributed by atoms with Gasteiger partial charge in [-0.1, -0.05) is 13.8 Å². The molecule has 1 saturated heterocycles. The maximum atomic E-state index is 11.5. The van der Waals surface area contributed by atoms with Gasteiger partial charge in [0, 0.05) is 12.1 Å². The van der Waals surface area contributed by atoms with Crippen LogP contribution in [-0.4, -0.2) is 36.0 Å². The molecule has 0 aromatic heterocycles. The highest BCUT2D eigenvalue weighted by molar-refractivity contribution is 5.82. The molecule has 0 saturated carbocycles. The van der Waals surface area contributed by atoms with E-state index in [-0.39, 0.29) is 18.0 Å². The van der Waals surface area contributed by atoms with Crippen molar-refractivity contribution < 1.29 is 4.79 Å². The Labute approximate surface area is 80.5 Å². The molecule has 76 valence electrons. The number of amides is 1. The third-order valence-corrected chi connectivity index (χ3v) is 3.18. The Kier molecular flexibility index (Phi) is 2.96. The number of nitrogens with zero attached hydrogens (tertiary/aromatic N) is 1. The summed E-state index contributed by atoms with van der Waals surface area (Å²) in [5, 5.41) is 3.07. The highest BCUT2D eigenvalue weighted by Crippen LogP contribution is 2.18. The van der Waals surface area contributed by atoms with Gasteiger partial charge in [-0.15, -0.1) is 0 Å². The number of hydrogen-bond donors (Lipinski definition) is 1. The van der Waals surface area contributed by atoms with Gasteiger partial charge in [-0.05, 0) is 26.8 Å². The summed E-state index contributed by atoms with van der Waals surface area (Å²) in [4.78, 5) is 13.7. The lowest BCUT2D eigenvalue weighted by Crippen LogP contribution is -2.63. The maximum Gasteiger partial charge on any atom is 0.237 e. The van der Waals surface area contributed by atoms with Crippen LogP contribution in [0.15, 0.2) is 0 Å². The molecule has 1 fully saturated rings. The number of nitrogens with one attached hydrogen (secondary N) is 1. The minimum absolute atomic E-state index is 0.00463. The number of piperazine rings is 1. The zero-order chi connectivity index (χ0) is 10.2. The minimum Gasteiger partial charge on any atom is -0.350 e. The lowest BCUT2D eigenvalue weighted by atomic mass is 9.92. The van der Waals surface area contributed by atoms with Crippen molar-refractivity contribution >= 4 is 5.91 Å². The van der Waals surface area contributed by atoms with E-state index in [1.54, 1.807) is 0 Å². The summed E-state index contributed by atoms with van der Waals surface area (Å²) in [5.41, 5.74) is 0. The zero-order valence-corrected chi connectivity index (χ0v) is 9.16. The average molecular weight is 184 g/mol. The molecule has 3 unspecified atom stereocenters. The molecule has 3 atom stereocenters. The molecule has 1 N–H and O–H groups in total. The monoisotopic (exact) mass is 184 g/mol. The molecule has 1 amide bonds. The molecule has 1 heterocycles. The van der Waals surface area contributed by atoms with Crippen LogP contribution in [0.5, 0.6) is 0 Å². The number of hydrogen-bond acceptors (Lipinski definition) is 2. The average Bonchev–Trinajstić information content (AvgIpc) is 2.07. The van der Waals surface area contributed by atoms with Crippen LogP contribution in [0.25, 0.3) is 0 Å². The summed E-state index contributed by atoms with van der Waals surface area (Å²) >= 11 is 0. The normalized spacial score (nSPS) is 36.5. The molecule has 13 heavy (non-hydrogen) atoms. The van der Waals surface area contributed by atoms with Crippen LogP contribution in [0, 0.1) is 5.92 Å². The number of carbonyl (C=O) groups excluding carboxylic acids is 1. The van der Waals surface area contributed by atoms with Crippen molar-refractivity contribution in [2.45, 2.75) is 45.8 Å². The van der Waals surface area contributed by atoms with Gasteiger partial charge in [-0.25, -0.2) is 0 Å². The van der Waals surface area contributed by atoms with E-state index in [2.05, 4.69) is 31.0 Å². The van der Waals surface area contributed by atoms with Gasteiger partial charge in [0.25, 0.3) is 0 Å². The van der Waals surface area contributed by atoms with Gasteiger partial charge in [0.05, 0.1) is 6.04 Å². The Balaban J connectivity index is 2.76. The second-order valence-corrected chi connectivity index (χ2v) is 4.36. The van der Waals surface area contributed by atoms with Crippen molar-refractivity contribution in [2.75, 3.05) is 7.05 Å². The van der Waals surface area contributed by atoms with Crippen LogP contribution in [0.3, 0.4) is 0 Å². The third-order valence-electron chi connectivity index (χ3n) is 3.18. The van der Waals surface area contributed by atoms with E-state index < -0.39 is 0 Å². The van der Waals surface area contributed by atoms with E-state index in [9.17, 15) is 4.79 Å². The van der Waals surface area contributed by atoms with E-state index in [0.29, 0.717) is 12.0 Å². The fraction of sp³-hybridized carbons (Fsp3) is 0.900. The van der Waals surface area contributed by atoms with E-state index in [0.717, 1.165) is 0 Å². The summed E-state index contributed by atoms with van der Waals surface area (Å²) in [5.74, 6) is 0.646. The summed E-state index contributed by atoms with van der Waals surface area (Å²) in [6, 6.07) is 0.714. The summed E-state index contributed by atoms with van der Waals surface area (Å²) < 4.78 is 0. The molecule has 0 radical (unpaired) electrons. The number of rotatable bonds is 1. The van der Waals surface area contributed by atoms with Crippen LogP contribution < -0.4 is 5.32 Å². The maximum absolute atomic E-state index is 11.5. The SMILES string of the molecule is CC(C)C1NC(=O)C(C)N(C)C1C. The molecule has 0 aromatic carbocycles. The molecule has 0 aromatic rings. The van der Waals surface area contributed by atoms with Crippen molar-refractivity contribution in [2.24, 2.45) is 5.92 Å². The molecule has 0 bridgehead atoms. The first-order valence-electron chi connectivity index (χ1n) is 4.97. The highest BCUT2D eigenvalue weighted by atomic mass is 16.2. The molecule has 0 aliphatic carbocycles. The van der Waals surface area contributed by atoms with Gasteiger partial charge in [0.1, 0.15) is 0 Å². The van der Waals surface area contributed by atoms with Gasteiger partial charge in [-0.3, -0.25) is 9.69 Å². The largest absolute Gasteiger partial charge is 0.350 e. The summed E-state index contributed by atoms with van der Waals surface area (Å²) in [6.45, 7) is 8.40. The Bertz CT molecular complexity index is 203. The van der Waals surface area contributed by atoms with Crippen molar-refractivity contribution in [1.29, 1.82) is 0 Å². The lowest BCUT2D eigenvalue weighted by Gasteiger charge is -2.43. The molecule has 1 aliphatic heterocycles. The molecule has 3 heteroatoms. The number of carbonyl (C=O) groups is 1. The summed E-state index contributed by atoms with van der Waals surface area (Å²) in [6.07, 6.45) is 0. The molecule has 3 nitrogen and oxygen atoms in total. The van der Waals surface area contributed by atoms with Crippen molar-refractivity contribution in [3.8, 4) is 0 Å². The quantitative estimate of drug-likeness (QED) is 0.655. The molecule has 1 aliphatic rings. The fourth-order valence-corrected chi connectivity index (χ4v) is 1.92. The van der Waals surface area contributed by atoms with E-state index >= 15 is 0 Å². The van der Waals surface area contributed by atoms with Gasteiger partial charge < -0.3 is 5.32 Å². The van der Waals surface area contributed by atoms with Gasteiger partial charge in [0.2, 0.25) is 5.91 Å². The van der Waals surface area contributed by atoms with Crippen LogP contribution in [0.4, 0.5) is 0 Å². The van der Waals surface area contributed by atoms with Gasteiger partial charge in [0.15, 0.2) is 0 Å².